The summed E-state index contributed by atoms with van der Waals surface area (Å²) < 4.78 is 21.0. The maximum Gasteiger partial charge on any atom is 0.169 e. The summed E-state index contributed by atoms with van der Waals surface area (Å²) in [4.78, 5) is 0. The maximum absolute atomic E-state index is 5.66. The minimum Gasteiger partial charge on any atom is -0.337 e. The van der Waals surface area contributed by atoms with Gasteiger partial charge in [-0.2, -0.15) is 0 Å². The highest BCUT2D eigenvalue weighted by molar-refractivity contribution is 7.47. The van der Waals surface area contributed by atoms with Crippen LogP contribution < -0.4 is 5.73 Å². The lowest BCUT2D eigenvalue weighted by Gasteiger charge is -2.20. The molecule has 0 aromatic carbocycles. The van der Waals surface area contributed by atoms with Crippen LogP contribution in [0.25, 0.3) is 0 Å². The molecule has 7 heteroatoms. The number of nitrogens with two attached hydrogens (primary N) is 1. The van der Waals surface area contributed by atoms with E-state index in [0.717, 1.165) is 38.1 Å². The Morgan fingerprint density at radius 3 is 1.44 bits per heavy atom. The summed E-state index contributed by atoms with van der Waals surface area (Å²) in [5.74, 6) is 0.598. The van der Waals surface area contributed by atoms with Gasteiger partial charge in [-0.1, -0.05) is 0 Å². The molecule has 0 spiro atoms. The van der Waals surface area contributed by atoms with Crippen molar-refractivity contribution in [3.05, 3.63) is 0 Å². The lowest BCUT2D eigenvalue weighted by Crippen LogP contribution is -2.12. The largest absolute Gasteiger partial charge is 0.337 e. The third-order valence-corrected chi connectivity index (χ3v) is 5.71. The first kappa shape index (κ1) is 18.7. The van der Waals surface area contributed by atoms with Gasteiger partial charge in [0.2, 0.25) is 0 Å². The molecule has 110 valence electrons. The zero-order valence-corrected chi connectivity index (χ0v) is 13.7. The molecule has 0 fully saturated rings. The van der Waals surface area contributed by atoms with Crippen molar-refractivity contribution in [1.82, 2.24) is 0 Å². The van der Waals surface area contributed by atoms with E-state index < -0.39 is 16.8 Å². The second kappa shape index (κ2) is 12.7. The van der Waals surface area contributed by atoms with Gasteiger partial charge in [-0.05, 0) is 31.7 Å². The highest BCUT2D eigenvalue weighted by Gasteiger charge is 2.15. The van der Waals surface area contributed by atoms with Crippen molar-refractivity contribution in [2.24, 2.45) is 11.7 Å². The first-order valence-electron chi connectivity index (χ1n) is 6.13. The standard InChI is InChI=1S/C11H27NO4P2/c1-13-17(14-2)9-6-11(5-8-12)7-10-18(15-3)16-4/h11H,5-10,12H2,1-4H3. The van der Waals surface area contributed by atoms with Crippen LogP contribution in [0.1, 0.15) is 19.3 Å². The number of hydrogen-bond acceptors (Lipinski definition) is 5. The monoisotopic (exact) mass is 299 g/mol. The zero-order chi connectivity index (χ0) is 13.8. The van der Waals surface area contributed by atoms with Crippen LogP contribution in [0.2, 0.25) is 0 Å². The van der Waals surface area contributed by atoms with Crippen LogP contribution in [0.4, 0.5) is 0 Å². The van der Waals surface area contributed by atoms with Crippen molar-refractivity contribution >= 4 is 16.8 Å². The Bertz CT molecular complexity index is 164. The van der Waals surface area contributed by atoms with Gasteiger partial charge in [-0.25, -0.2) is 0 Å². The molecule has 18 heavy (non-hydrogen) atoms. The van der Waals surface area contributed by atoms with Gasteiger partial charge >= 0.3 is 0 Å². The third kappa shape index (κ3) is 8.71. The number of rotatable bonds is 12. The van der Waals surface area contributed by atoms with Gasteiger partial charge in [-0.3, -0.25) is 0 Å². The summed E-state index contributed by atoms with van der Waals surface area (Å²) in [5.41, 5.74) is 5.66. The Balaban J connectivity index is 3.97. The Hall–Kier alpha value is 0.660. The Labute approximate surface area is 114 Å². The van der Waals surface area contributed by atoms with Gasteiger partial charge in [0.1, 0.15) is 0 Å². The van der Waals surface area contributed by atoms with Crippen LogP contribution in [-0.4, -0.2) is 47.3 Å². The fourth-order valence-corrected chi connectivity index (χ4v) is 3.94. The van der Waals surface area contributed by atoms with E-state index in [-0.39, 0.29) is 0 Å². The summed E-state index contributed by atoms with van der Waals surface area (Å²) in [6.45, 7) is 0.723. The summed E-state index contributed by atoms with van der Waals surface area (Å²) >= 11 is 0. The van der Waals surface area contributed by atoms with E-state index in [4.69, 9.17) is 23.8 Å². The highest BCUT2D eigenvalue weighted by atomic mass is 31.2. The minimum absolute atomic E-state index is 0.598. The van der Waals surface area contributed by atoms with E-state index in [1.165, 1.54) is 0 Å². The highest BCUT2D eigenvalue weighted by Crippen LogP contribution is 2.41. The molecule has 0 saturated carbocycles. The van der Waals surface area contributed by atoms with Crippen LogP contribution in [-0.2, 0) is 18.1 Å². The van der Waals surface area contributed by atoms with Crippen molar-refractivity contribution in [2.45, 2.75) is 19.3 Å². The average Bonchev–Trinajstić information content (AvgIpc) is 2.40. The van der Waals surface area contributed by atoms with Crippen molar-refractivity contribution in [3.8, 4) is 0 Å². The third-order valence-electron chi connectivity index (χ3n) is 2.83. The normalized spacial score (nSPS) is 12.0. The van der Waals surface area contributed by atoms with Gasteiger partial charge in [0.25, 0.3) is 0 Å². The molecule has 2 N–H and O–H groups in total. The summed E-state index contributed by atoms with van der Waals surface area (Å²) in [7, 11) is 5.33. The van der Waals surface area contributed by atoms with Gasteiger partial charge in [0, 0.05) is 40.8 Å². The predicted octanol–water partition coefficient (Wildman–Crippen LogP) is 2.94. The summed E-state index contributed by atoms with van der Waals surface area (Å²) in [6, 6.07) is 0. The zero-order valence-electron chi connectivity index (χ0n) is 11.9. The SMILES string of the molecule is COP(CCC(CCN)CCP(OC)OC)OC. The van der Waals surface area contributed by atoms with Crippen molar-refractivity contribution in [2.75, 3.05) is 47.3 Å². The molecule has 0 aromatic rings. The molecule has 0 bridgehead atoms. The second-order valence-electron chi connectivity index (χ2n) is 3.86. The van der Waals surface area contributed by atoms with Crippen molar-refractivity contribution in [3.63, 3.8) is 0 Å². The molecule has 5 nitrogen and oxygen atoms in total. The molecular formula is C11H27NO4P2. The quantitative estimate of drug-likeness (QED) is 0.561. The molecular weight excluding hydrogens is 272 g/mol. The molecule has 0 aromatic heterocycles. The second-order valence-corrected chi connectivity index (χ2v) is 7.55. The first-order chi connectivity index (χ1) is 8.71. The van der Waals surface area contributed by atoms with Crippen LogP contribution >= 0.6 is 16.8 Å². The van der Waals surface area contributed by atoms with Crippen LogP contribution in [0.15, 0.2) is 0 Å². The smallest absolute Gasteiger partial charge is 0.169 e. The van der Waals surface area contributed by atoms with E-state index in [2.05, 4.69) is 0 Å². The van der Waals surface area contributed by atoms with Crippen molar-refractivity contribution < 1.29 is 18.1 Å². The predicted molar refractivity (Wildman–Crippen MR) is 78.0 cm³/mol. The molecule has 0 radical (unpaired) electrons. The lowest BCUT2D eigenvalue weighted by atomic mass is 10.00. The molecule has 0 heterocycles. The summed E-state index contributed by atoms with van der Waals surface area (Å²) in [5, 5.41) is 0. The molecule has 0 atom stereocenters. The van der Waals surface area contributed by atoms with Crippen LogP contribution in [0.3, 0.4) is 0 Å². The van der Waals surface area contributed by atoms with E-state index in [0.29, 0.717) is 5.92 Å². The van der Waals surface area contributed by atoms with Gasteiger partial charge < -0.3 is 23.8 Å². The molecule has 0 saturated heterocycles. The van der Waals surface area contributed by atoms with Crippen LogP contribution in [0.5, 0.6) is 0 Å². The Morgan fingerprint density at radius 2 is 1.17 bits per heavy atom. The minimum atomic E-state index is -0.731. The van der Waals surface area contributed by atoms with Crippen molar-refractivity contribution in [1.29, 1.82) is 0 Å². The number of hydrogen-bond donors (Lipinski definition) is 1. The lowest BCUT2D eigenvalue weighted by molar-refractivity contribution is 0.328. The Kier molecular flexibility index (Phi) is 13.1. The van der Waals surface area contributed by atoms with E-state index >= 15 is 0 Å². The fraction of sp³-hybridized carbons (Fsp3) is 1.00. The molecule has 0 amide bonds. The molecule has 0 rings (SSSR count). The van der Waals surface area contributed by atoms with Gasteiger partial charge in [-0.15, -0.1) is 0 Å². The Morgan fingerprint density at radius 1 is 0.778 bits per heavy atom. The van der Waals surface area contributed by atoms with E-state index in [1.54, 1.807) is 28.4 Å². The molecule has 0 unspecified atom stereocenters. The van der Waals surface area contributed by atoms with Gasteiger partial charge in [0.05, 0.1) is 0 Å². The molecule has 0 aliphatic heterocycles. The molecule has 0 aliphatic rings. The summed E-state index contributed by atoms with van der Waals surface area (Å²) in [6.07, 6.45) is 5.13. The fourth-order valence-electron chi connectivity index (χ4n) is 1.76. The maximum atomic E-state index is 5.66. The van der Waals surface area contributed by atoms with E-state index in [9.17, 15) is 0 Å². The van der Waals surface area contributed by atoms with Crippen LogP contribution in [0, 0.1) is 5.92 Å². The first-order valence-corrected chi connectivity index (χ1v) is 8.85. The average molecular weight is 299 g/mol. The molecule has 0 aliphatic carbocycles. The van der Waals surface area contributed by atoms with E-state index in [1.807, 2.05) is 0 Å². The van der Waals surface area contributed by atoms with Gasteiger partial charge in [0.15, 0.2) is 16.8 Å². The topological polar surface area (TPSA) is 62.9 Å².